The number of esters is 1. The number of H-pyrrole nitrogens is 1. The Hall–Kier alpha value is -1.58. The molecular formula is C12H13BrN2O5S. The zero-order valence-electron chi connectivity index (χ0n) is 11.3. The number of rotatable bonds is 5. The van der Waals surface area contributed by atoms with Gasteiger partial charge in [-0.3, -0.25) is 0 Å². The Morgan fingerprint density at radius 2 is 2.14 bits per heavy atom. The molecule has 9 heteroatoms. The standard InChI is InChI=1S/C12H13BrN2O5S/c1-15(2)21(17,18)11-4-3-9(20-11)7-19-12(16)10-5-8(13)6-14-10/h3-6,14H,7H2,1-2H3. The highest BCUT2D eigenvalue weighted by molar-refractivity contribution is 9.10. The maximum atomic E-state index is 11.8. The molecule has 114 valence electrons. The summed E-state index contributed by atoms with van der Waals surface area (Å²) in [4.78, 5) is 14.4. The van der Waals surface area contributed by atoms with Gasteiger partial charge in [0.1, 0.15) is 18.1 Å². The van der Waals surface area contributed by atoms with Gasteiger partial charge in [-0.05, 0) is 34.1 Å². The Kier molecular flexibility index (Phi) is 4.55. The Bertz CT molecular complexity index is 747. The number of carbonyl (C=O) groups excluding carboxylic acids is 1. The van der Waals surface area contributed by atoms with Gasteiger partial charge in [-0.1, -0.05) is 0 Å². The Labute approximate surface area is 130 Å². The second kappa shape index (κ2) is 6.04. The molecule has 0 bridgehead atoms. The van der Waals surface area contributed by atoms with Gasteiger partial charge in [0.25, 0.3) is 10.0 Å². The summed E-state index contributed by atoms with van der Waals surface area (Å²) in [6.07, 6.45) is 1.60. The molecule has 0 aliphatic rings. The zero-order chi connectivity index (χ0) is 15.6. The quantitative estimate of drug-likeness (QED) is 0.805. The Morgan fingerprint density at radius 1 is 1.43 bits per heavy atom. The average molecular weight is 377 g/mol. The van der Waals surface area contributed by atoms with Gasteiger partial charge in [0, 0.05) is 24.8 Å². The van der Waals surface area contributed by atoms with Crippen molar-refractivity contribution >= 4 is 31.9 Å². The first-order valence-corrected chi connectivity index (χ1v) is 8.06. The molecule has 0 radical (unpaired) electrons. The fraction of sp³-hybridized carbons (Fsp3) is 0.250. The summed E-state index contributed by atoms with van der Waals surface area (Å²) in [6.45, 7) is -0.154. The fourth-order valence-corrected chi connectivity index (χ4v) is 2.61. The van der Waals surface area contributed by atoms with Crippen molar-refractivity contribution in [3.8, 4) is 0 Å². The number of aromatic nitrogens is 1. The molecule has 0 saturated heterocycles. The van der Waals surface area contributed by atoms with E-state index in [-0.39, 0.29) is 23.2 Å². The Morgan fingerprint density at radius 3 is 2.71 bits per heavy atom. The first-order chi connectivity index (χ1) is 9.80. The third-order valence-electron chi connectivity index (χ3n) is 2.59. The van der Waals surface area contributed by atoms with Crippen LogP contribution >= 0.6 is 15.9 Å². The van der Waals surface area contributed by atoms with E-state index in [2.05, 4.69) is 20.9 Å². The first-order valence-electron chi connectivity index (χ1n) is 5.83. The lowest BCUT2D eigenvalue weighted by Crippen LogP contribution is -2.21. The van der Waals surface area contributed by atoms with Gasteiger partial charge in [-0.25, -0.2) is 17.5 Å². The van der Waals surface area contributed by atoms with Crippen LogP contribution in [0.1, 0.15) is 16.2 Å². The molecule has 0 spiro atoms. The van der Waals surface area contributed by atoms with Crippen molar-refractivity contribution in [3.63, 3.8) is 0 Å². The smallest absolute Gasteiger partial charge is 0.355 e. The highest BCUT2D eigenvalue weighted by atomic mass is 79.9. The van der Waals surface area contributed by atoms with Crippen molar-refractivity contribution in [1.82, 2.24) is 9.29 Å². The summed E-state index contributed by atoms with van der Waals surface area (Å²) >= 11 is 3.21. The second-order valence-electron chi connectivity index (χ2n) is 4.32. The minimum absolute atomic E-state index is 0.154. The number of sulfonamides is 1. The second-order valence-corrected chi connectivity index (χ2v) is 7.31. The molecule has 1 N–H and O–H groups in total. The summed E-state index contributed by atoms with van der Waals surface area (Å²) in [5.41, 5.74) is 0.287. The van der Waals surface area contributed by atoms with E-state index in [0.29, 0.717) is 0 Å². The lowest BCUT2D eigenvalue weighted by Gasteiger charge is -2.07. The van der Waals surface area contributed by atoms with Gasteiger partial charge in [0.15, 0.2) is 0 Å². The molecule has 2 rings (SSSR count). The predicted octanol–water partition coefficient (Wildman–Crippen LogP) is 1.98. The number of ether oxygens (including phenoxy) is 1. The molecule has 21 heavy (non-hydrogen) atoms. The lowest BCUT2D eigenvalue weighted by molar-refractivity contribution is 0.0434. The number of nitrogens with zero attached hydrogens (tertiary/aromatic N) is 1. The average Bonchev–Trinajstić information content (AvgIpc) is 3.04. The van der Waals surface area contributed by atoms with Crippen LogP contribution in [-0.4, -0.2) is 37.8 Å². The summed E-state index contributed by atoms with van der Waals surface area (Å²) < 4.78 is 35.6. The molecule has 0 aliphatic heterocycles. The van der Waals surface area contributed by atoms with Crippen LogP contribution in [-0.2, 0) is 21.4 Å². The molecule has 0 fully saturated rings. The maximum Gasteiger partial charge on any atom is 0.355 e. The summed E-state index contributed by atoms with van der Waals surface area (Å²) in [6, 6.07) is 4.35. The third kappa shape index (κ3) is 3.55. The van der Waals surface area contributed by atoms with E-state index >= 15 is 0 Å². The normalized spacial score (nSPS) is 11.8. The van der Waals surface area contributed by atoms with Crippen molar-refractivity contribution in [2.24, 2.45) is 0 Å². The SMILES string of the molecule is CN(C)S(=O)(=O)c1ccc(COC(=O)c2cc(Br)c[nH]2)o1. The fourth-order valence-electron chi connectivity index (χ4n) is 1.45. The molecule has 2 aromatic rings. The van der Waals surface area contributed by atoms with E-state index in [9.17, 15) is 13.2 Å². The van der Waals surface area contributed by atoms with E-state index < -0.39 is 16.0 Å². The summed E-state index contributed by atoms with van der Waals surface area (Å²) in [5.74, 6) is -0.316. The van der Waals surface area contributed by atoms with Crippen LogP contribution in [0, 0.1) is 0 Å². The molecule has 0 atom stereocenters. The zero-order valence-corrected chi connectivity index (χ0v) is 13.7. The number of halogens is 1. The molecule has 0 aliphatic carbocycles. The van der Waals surface area contributed by atoms with Crippen LogP contribution in [0.25, 0.3) is 0 Å². The number of hydrogen-bond donors (Lipinski definition) is 1. The third-order valence-corrected chi connectivity index (χ3v) is 4.73. The lowest BCUT2D eigenvalue weighted by atomic mass is 10.4. The number of aromatic amines is 1. The number of carbonyl (C=O) groups is 1. The topological polar surface area (TPSA) is 92.6 Å². The van der Waals surface area contributed by atoms with Crippen molar-refractivity contribution < 1.29 is 22.4 Å². The molecule has 0 amide bonds. The summed E-state index contributed by atoms with van der Waals surface area (Å²) in [7, 11) is -0.823. The minimum Gasteiger partial charge on any atom is -0.453 e. The predicted molar refractivity (Wildman–Crippen MR) is 77.2 cm³/mol. The van der Waals surface area contributed by atoms with Gasteiger partial charge in [0.2, 0.25) is 5.09 Å². The summed E-state index contributed by atoms with van der Waals surface area (Å²) in [5, 5.41) is -0.193. The van der Waals surface area contributed by atoms with E-state index in [1.807, 2.05) is 0 Å². The van der Waals surface area contributed by atoms with Crippen LogP contribution < -0.4 is 0 Å². The van der Waals surface area contributed by atoms with Crippen LogP contribution in [0.5, 0.6) is 0 Å². The maximum absolute atomic E-state index is 11.8. The number of furan rings is 1. The monoisotopic (exact) mass is 376 g/mol. The minimum atomic E-state index is -3.63. The van der Waals surface area contributed by atoms with Gasteiger partial charge in [-0.2, -0.15) is 0 Å². The number of nitrogens with one attached hydrogen (secondary N) is 1. The molecule has 2 aromatic heterocycles. The van der Waals surface area contributed by atoms with Crippen molar-refractivity contribution in [1.29, 1.82) is 0 Å². The van der Waals surface area contributed by atoms with Crippen molar-refractivity contribution in [2.45, 2.75) is 11.7 Å². The van der Waals surface area contributed by atoms with Crippen LogP contribution in [0.15, 0.2) is 38.4 Å². The van der Waals surface area contributed by atoms with Crippen LogP contribution in [0.3, 0.4) is 0 Å². The molecule has 0 unspecified atom stereocenters. The van der Waals surface area contributed by atoms with Gasteiger partial charge >= 0.3 is 5.97 Å². The highest BCUT2D eigenvalue weighted by Gasteiger charge is 2.22. The molecule has 2 heterocycles. The van der Waals surface area contributed by atoms with Gasteiger partial charge in [0.05, 0.1) is 0 Å². The number of hydrogen-bond acceptors (Lipinski definition) is 5. The molecular weight excluding hydrogens is 364 g/mol. The largest absolute Gasteiger partial charge is 0.453 e. The van der Waals surface area contributed by atoms with E-state index in [1.54, 1.807) is 12.3 Å². The molecule has 0 saturated carbocycles. The Balaban J connectivity index is 2.02. The molecule has 0 aromatic carbocycles. The van der Waals surface area contributed by atoms with E-state index in [4.69, 9.17) is 9.15 Å². The first kappa shape index (κ1) is 15.8. The highest BCUT2D eigenvalue weighted by Crippen LogP contribution is 2.18. The van der Waals surface area contributed by atoms with Crippen LogP contribution in [0.4, 0.5) is 0 Å². The van der Waals surface area contributed by atoms with E-state index in [1.165, 1.54) is 26.2 Å². The van der Waals surface area contributed by atoms with Crippen molar-refractivity contribution in [3.05, 3.63) is 40.3 Å². The van der Waals surface area contributed by atoms with Crippen LogP contribution in [0.2, 0.25) is 0 Å². The van der Waals surface area contributed by atoms with Gasteiger partial charge < -0.3 is 14.1 Å². The molecule has 7 nitrogen and oxygen atoms in total. The van der Waals surface area contributed by atoms with Gasteiger partial charge in [-0.15, -0.1) is 0 Å². The van der Waals surface area contributed by atoms with E-state index in [0.717, 1.165) is 8.78 Å². The van der Waals surface area contributed by atoms with Crippen molar-refractivity contribution in [2.75, 3.05) is 14.1 Å².